The molecule has 0 bridgehead atoms. The normalized spacial score (nSPS) is 21.0. The van der Waals surface area contributed by atoms with Crippen LogP contribution in [-0.4, -0.2) is 59.2 Å². The fraction of sp³-hybridized carbons (Fsp3) is 0.522. The lowest BCUT2D eigenvalue weighted by Crippen LogP contribution is -2.57. The standard InChI is InChI=1S/C23H29N3O3S2/c1-16-6-2-3-11-26(16)23(29)20(24-21(27)18-7-4-14-30-18)17-9-12-25(13-10-17)22(28)19-8-5-15-31-19/h4-5,7-8,14-17,20H,2-3,6,9-13H2,1H3,(H,24,27)/t16-,20-/m1/s1. The zero-order chi connectivity index (χ0) is 21.8. The molecule has 0 radical (unpaired) electrons. The van der Waals surface area contributed by atoms with E-state index in [-0.39, 0.29) is 29.7 Å². The molecule has 2 aliphatic rings. The van der Waals surface area contributed by atoms with E-state index in [0.717, 1.165) is 30.7 Å². The van der Waals surface area contributed by atoms with Crippen molar-refractivity contribution in [1.29, 1.82) is 0 Å². The molecule has 4 rings (SSSR count). The summed E-state index contributed by atoms with van der Waals surface area (Å²) < 4.78 is 0. The van der Waals surface area contributed by atoms with Crippen molar-refractivity contribution in [3.8, 4) is 0 Å². The lowest BCUT2D eigenvalue weighted by Gasteiger charge is -2.40. The number of piperidine rings is 2. The number of carbonyl (C=O) groups is 3. The second-order valence-electron chi connectivity index (χ2n) is 8.41. The van der Waals surface area contributed by atoms with E-state index in [4.69, 9.17) is 0 Å². The number of rotatable bonds is 5. The second-order valence-corrected chi connectivity index (χ2v) is 10.3. The fourth-order valence-electron chi connectivity index (χ4n) is 4.60. The van der Waals surface area contributed by atoms with Gasteiger partial charge in [-0.2, -0.15) is 0 Å². The quantitative estimate of drug-likeness (QED) is 0.738. The number of hydrogen-bond acceptors (Lipinski definition) is 5. The number of nitrogens with one attached hydrogen (secondary N) is 1. The van der Waals surface area contributed by atoms with Crippen LogP contribution in [0.3, 0.4) is 0 Å². The maximum Gasteiger partial charge on any atom is 0.263 e. The van der Waals surface area contributed by atoms with Crippen LogP contribution in [0, 0.1) is 5.92 Å². The summed E-state index contributed by atoms with van der Waals surface area (Å²) in [6, 6.07) is 7.02. The molecule has 2 saturated heterocycles. The van der Waals surface area contributed by atoms with Gasteiger partial charge in [0.05, 0.1) is 9.75 Å². The Morgan fingerprint density at radius 1 is 0.968 bits per heavy atom. The van der Waals surface area contributed by atoms with Crippen molar-refractivity contribution in [2.24, 2.45) is 5.92 Å². The van der Waals surface area contributed by atoms with Crippen LogP contribution in [0.1, 0.15) is 58.4 Å². The highest BCUT2D eigenvalue weighted by Crippen LogP contribution is 2.27. The number of amides is 3. The van der Waals surface area contributed by atoms with Gasteiger partial charge in [0.25, 0.3) is 11.8 Å². The first-order chi connectivity index (χ1) is 15.0. The van der Waals surface area contributed by atoms with Gasteiger partial charge in [-0.05, 0) is 67.8 Å². The molecule has 3 amide bonds. The minimum atomic E-state index is -0.547. The minimum absolute atomic E-state index is 0.0259. The molecule has 0 spiro atoms. The third kappa shape index (κ3) is 5.01. The molecule has 2 aromatic heterocycles. The topological polar surface area (TPSA) is 69.7 Å². The Bertz CT molecular complexity index is 889. The van der Waals surface area contributed by atoms with Crippen molar-refractivity contribution in [3.63, 3.8) is 0 Å². The van der Waals surface area contributed by atoms with Gasteiger partial charge in [0, 0.05) is 25.7 Å². The predicted octanol–water partition coefficient (Wildman–Crippen LogP) is 3.86. The van der Waals surface area contributed by atoms with Crippen molar-refractivity contribution >= 4 is 40.4 Å². The Morgan fingerprint density at radius 3 is 2.26 bits per heavy atom. The van der Waals surface area contributed by atoms with E-state index in [1.54, 1.807) is 6.07 Å². The molecular weight excluding hydrogens is 430 g/mol. The third-order valence-corrected chi connectivity index (χ3v) is 8.14. The van der Waals surface area contributed by atoms with Crippen molar-refractivity contribution in [2.45, 2.75) is 51.1 Å². The largest absolute Gasteiger partial charge is 0.339 e. The van der Waals surface area contributed by atoms with Gasteiger partial charge in [-0.3, -0.25) is 14.4 Å². The highest BCUT2D eigenvalue weighted by molar-refractivity contribution is 7.12. The van der Waals surface area contributed by atoms with Crippen molar-refractivity contribution in [3.05, 3.63) is 44.8 Å². The third-order valence-electron chi connectivity index (χ3n) is 6.41. The molecule has 2 fully saturated rings. The van der Waals surface area contributed by atoms with Crippen molar-refractivity contribution in [2.75, 3.05) is 19.6 Å². The molecule has 31 heavy (non-hydrogen) atoms. The zero-order valence-corrected chi connectivity index (χ0v) is 19.4. The molecular formula is C23H29N3O3S2. The number of hydrogen-bond donors (Lipinski definition) is 1. The first kappa shape index (κ1) is 22.0. The maximum absolute atomic E-state index is 13.6. The van der Waals surface area contributed by atoms with E-state index in [1.807, 2.05) is 38.8 Å². The molecule has 0 unspecified atom stereocenters. The van der Waals surface area contributed by atoms with E-state index >= 15 is 0 Å². The van der Waals surface area contributed by atoms with E-state index < -0.39 is 6.04 Å². The average molecular weight is 460 g/mol. The summed E-state index contributed by atoms with van der Waals surface area (Å²) in [5.74, 6) is -0.0724. The Balaban J connectivity index is 1.47. The Kier molecular flexibility index (Phi) is 7.07. The van der Waals surface area contributed by atoms with E-state index in [1.165, 1.54) is 22.7 Å². The Hall–Kier alpha value is -2.19. The molecule has 6 nitrogen and oxygen atoms in total. The van der Waals surface area contributed by atoms with Crippen LogP contribution in [-0.2, 0) is 4.79 Å². The van der Waals surface area contributed by atoms with Gasteiger partial charge in [0.15, 0.2) is 0 Å². The van der Waals surface area contributed by atoms with Crippen LogP contribution in [0.15, 0.2) is 35.0 Å². The minimum Gasteiger partial charge on any atom is -0.339 e. The van der Waals surface area contributed by atoms with Gasteiger partial charge >= 0.3 is 0 Å². The van der Waals surface area contributed by atoms with Crippen molar-refractivity contribution < 1.29 is 14.4 Å². The summed E-state index contributed by atoms with van der Waals surface area (Å²) in [5, 5.41) is 6.84. The van der Waals surface area contributed by atoms with Gasteiger partial charge < -0.3 is 15.1 Å². The first-order valence-electron chi connectivity index (χ1n) is 11.0. The summed E-state index contributed by atoms with van der Waals surface area (Å²) in [7, 11) is 0. The Morgan fingerprint density at radius 2 is 1.65 bits per heavy atom. The lowest BCUT2D eigenvalue weighted by atomic mass is 9.87. The molecule has 166 valence electrons. The lowest BCUT2D eigenvalue weighted by molar-refractivity contribution is -0.138. The highest BCUT2D eigenvalue weighted by Gasteiger charge is 2.38. The van der Waals surface area contributed by atoms with E-state index in [9.17, 15) is 14.4 Å². The smallest absolute Gasteiger partial charge is 0.263 e. The molecule has 2 aliphatic heterocycles. The number of nitrogens with zero attached hydrogens (tertiary/aromatic N) is 2. The van der Waals surface area contributed by atoms with E-state index in [0.29, 0.717) is 30.8 Å². The number of thiophene rings is 2. The summed E-state index contributed by atoms with van der Waals surface area (Å²) in [6.45, 7) is 4.06. The van der Waals surface area contributed by atoms with Crippen LogP contribution in [0.4, 0.5) is 0 Å². The zero-order valence-electron chi connectivity index (χ0n) is 17.8. The SMILES string of the molecule is C[C@@H]1CCCCN1C(=O)[C@H](NC(=O)c1cccs1)C1CCN(C(=O)c2cccs2)CC1. The van der Waals surface area contributed by atoms with Gasteiger partial charge in [-0.15, -0.1) is 22.7 Å². The van der Waals surface area contributed by atoms with Gasteiger partial charge in [-0.1, -0.05) is 12.1 Å². The number of likely N-dealkylation sites (tertiary alicyclic amines) is 2. The number of carbonyl (C=O) groups excluding carboxylic acids is 3. The van der Waals surface area contributed by atoms with E-state index in [2.05, 4.69) is 12.2 Å². The average Bonchev–Trinajstić information content (AvgIpc) is 3.51. The summed E-state index contributed by atoms with van der Waals surface area (Å²) in [5.41, 5.74) is 0. The molecule has 8 heteroatoms. The molecule has 0 saturated carbocycles. The molecule has 2 aromatic rings. The van der Waals surface area contributed by atoms with Crippen LogP contribution >= 0.6 is 22.7 Å². The highest BCUT2D eigenvalue weighted by atomic mass is 32.1. The van der Waals surface area contributed by atoms with Crippen LogP contribution in [0.2, 0.25) is 0 Å². The van der Waals surface area contributed by atoms with Gasteiger partial charge in [-0.25, -0.2) is 0 Å². The van der Waals surface area contributed by atoms with Crippen molar-refractivity contribution in [1.82, 2.24) is 15.1 Å². The molecule has 2 atom stereocenters. The van der Waals surface area contributed by atoms with Crippen LogP contribution < -0.4 is 5.32 Å². The summed E-state index contributed by atoms with van der Waals surface area (Å²) >= 11 is 2.84. The molecule has 0 aromatic carbocycles. The summed E-state index contributed by atoms with van der Waals surface area (Å²) in [6.07, 6.45) is 4.57. The van der Waals surface area contributed by atoms with Gasteiger partial charge in [0.1, 0.15) is 6.04 Å². The second kappa shape index (κ2) is 9.96. The van der Waals surface area contributed by atoms with Crippen LogP contribution in [0.25, 0.3) is 0 Å². The molecule has 1 N–H and O–H groups in total. The fourth-order valence-corrected chi connectivity index (χ4v) is 5.92. The molecule has 0 aliphatic carbocycles. The Labute approximate surface area is 191 Å². The maximum atomic E-state index is 13.6. The predicted molar refractivity (Wildman–Crippen MR) is 124 cm³/mol. The van der Waals surface area contributed by atoms with Crippen LogP contribution in [0.5, 0.6) is 0 Å². The first-order valence-corrected chi connectivity index (χ1v) is 12.8. The monoisotopic (exact) mass is 459 g/mol. The summed E-state index contributed by atoms with van der Waals surface area (Å²) in [4.78, 5) is 44.2. The molecule has 4 heterocycles. The van der Waals surface area contributed by atoms with Gasteiger partial charge in [0.2, 0.25) is 5.91 Å².